The summed E-state index contributed by atoms with van der Waals surface area (Å²) in [6.07, 6.45) is 4.40. The first kappa shape index (κ1) is 18.2. The van der Waals surface area contributed by atoms with E-state index in [-0.39, 0.29) is 6.09 Å². The van der Waals surface area contributed by atoms with Crippen molar-refractivity contribution in [3.8, 4) is 0 Å². The van der Waals surface area contributed by atoms with E-state index in [2.05, 4.69) is 36.2 Å². The van der Waals surface area contributed by atoms with Crippen LogP contribution in [0.5, 0.6) is 0 Å². The van der Waals surface area contributed by atoms with Gasteiger partial charge in [-0.05, 0) is 70.5 Å². The van der Waals surface area contributed by atoms with E-state index in [0.717, 1.165) is 32.5 Å². The van der Waals surface area contributed by atoms with Gasteiger partial charge in [0.1, 0.15) is 5.60 Å². The van der Waals surface area contributed by atoms with Gasteiger partial charge in [0.15, 0.2) is 0 Å². The van der Waals surface area contributed by atoms with Gasteiger partial charge in [-0.25, -0.2) is 4.79 Å². The smallest absolute Gasteiger partial charge is 0.410 e. The fourth-order valence-corrected chi connectivity index (χ4v) is 4.15. The number of benzene rings is 1. The summed E-state index contributed by atoms with van der Waals surface area (Å²) in [6, 6.07) is 9.41. The molecule has 4 heteroatoms. The van der Waals surface area contributed by atoms with E-state index < -0.39 is 5.60 Å². The summed E-state index contributed by atoms with van der Waals surface area (Å²) >= 11 is 0. The lowest BCUT2D eigenvalue weighted by Gasteiger charge is -2.36. The summed E-state index contributed by atoms with van der Waals surface area (Å²) in [7, 11) is 2.26. The maximum atomic E-state index is 12.2. The molecule has 25 heavy (non-hydrogen) atoms. The number of likely N-dealkylation sites (tertiary alicyclic amines) is 1. The Morgan fingerprint density at radius 1 is 1.20 bits per heavy atom. The van der Waals surface area contributed by atoms with Crippen molar-refractivity contribution in [3.63, 3.8) is 0 Å². The second-order valence-electron chi connectivity index (χ2n) is 8.60. The van der Waals surface area contributed by atoms with Gasteiger partial charge in [-0.1, -0.05) is 24.3 Å². The van der Waals surface area contributed by atoms with Gasteiger partial charge in [0.2, 0.25) is 0 Å². The summed E-state index contributed by atoms with van der Waals surface area (Å²) in [5.41, 5.74) is 2.61. The van der Waals surface area contributed by atoms with Gasteiger partial charge in [-0.3, -0.25) is 4.90 Å². The quantitative estimate of drug-likeness (QED) is 0.821. The van der Waals surface area contributed by atoms with E-state index in [1.165, 1.54) is 24.0 Å². The normalized spacial score (nSPS) is 21.5. The van der Waals surface area contributed by atoms with Crippen LogP contribution in [0.2, 0.25) is 0 Å². The zero-order valence-electron chi connectivity index (χ0n) is 16.1. The molecule has 2 aliphatic rings. The van der Waals surface area contributed by atoms with E-state index >= 15 is 0 Å². The Bertz CT molecular complexity index is 600. The second-order valence-corrected chi connectivity index (χ2v) is 8.60. The monoisotopic (exact) mass is 344 g/mol. The first-order valence-corrected chi connectivity index (χ1v) is 9.59. The van der Waals surface area contributed by atoms with Gasteiger partial charge in [0.25, 0.3) is 0 Å². The molecule has 138 valence electrons. The minimum atomic E-state index is -0.413. The van der Waals surface area contributed by atoms with Crippen LogP contribution in [0.3, 0.4) is 0 Å². The van der Waals surface area contributed by atoms with E-state index in [1.807, 2.05) is 25.7 Å². The van der Waals surface area contributed by atoms with Gasteiger partial charge in [0.05, 0.1) is 0 Å². The predicted molar refractivity (Wildman–Crippen MR) is 101 cm³/mol. The van der Waals surface area contributed by atoms with Gasteiger partial charge in [0, 0.05) is 25.7 Å². The molecule has 1 aliphatic carbocycles. The van der Waals surface area contributed by atoms with Crippen LogP contribution in [0, 0.1) is 5.92 Å². The maximum absolute atomic E-state index is 12.2. The molecule has 3 rings (SSSR count). The van der Waals surface area contributed by atoms with Crippen molar-refractivity contribution in [2.24, 2.45) is 5.92 Å². The molecule has 1 fully saturated rings. The third-order valence-electron chi connectivity index (χ3n) is 5.45. The SMILES string of the molecule is CN(CC1CCN(C(=O)OC(C)(C)C)CC1)C1CCc2ccccc21. The van der Waals surface area contributed by atoms with Crippen LogP contribution in [0.15, 0.2) is 24.3 Å². The lowest BCUT2D eigenvalue weighted by atomic mass is 9.95. The first-order valence-electron chi connectivity index (χ1n) is 9.59. The van der Waals surface area contributed by atoms with Crippen molar-refractivity contribution >= 4 is 6.09 Å². The summed E-state index contributed by atoms with van der Waals surface area (Å²) < 4.78 is 5.49. The van der Waals surface area contributed by atoms with Crippen LogP contribution in [-0.2, 0) is 11.2 Å². The van der Waals surface area contributed by atoms with Gasteiger partial charge < -0.3 is 9.64 Å². The molecule has 1 aromatic rings. The molecule has 1 aliphatic heterocycles. The average Bonchev–Trinajstić information content (AvgIpc) is 2.98. The van der Waals surface area contributed by atoms with Crippen molar-refractivity contribution in [2.75, 3.05) is 26.7 Å². The molecule has 1 amide bonds. The molecular formula is C21H32N2O2. The number of hydrogen-bond donors (Lipinski definition) is 0. The number of carbonyl (C=O) groups is 1. The Kier molecular flexibility index (Phi) is 5.38. The number of rotatable bonds is 3. The summed E-state index contributed by atoms with van der Waals surface area (Å²) in [5, 5.41) is 0. The second kappa shape index (κ2) is 7.36. The molecule has 0 aromatic heterocycles. The number of carbonyl (C=O) groups excluding carboxylic acids is 1. The summed E-state index contributed by atoms with van der Waals surface area (Å²) in [4.78, 5) is 16.6. The molecule has 1 aromatic carbocycles. The summed E-state index contributed by atoms with van der Waals surface area (Å²) in [6.45, 7) is 8.51. The maximum Gasteiger partial charge on any atom is 0.410 e. The van der Waals surface area contributed by atoms with Crippen molar-refractivity contribution in [2.45, 2.75) is 58.1 Å². The third-order valence-corrected chi connectivity index (χ3v) is 5.45. The first-order chi connectivity index (χ1) is 11.8. The molecule has 4 nitrogen and oxygen atoms in total. The van der Waals surface area contributed by atoms with Crippen molar-refractivity contribution in [3.05, 3.63) is 35.4 Å². The zero-order chi connectivity index (χ0) is 18.0. The third kappa shape index (κ3) is 4.55. The predicted octanol–water partition coefficient (Wildman–Crippen LogP) is 4.25. The van der Waals surface area contributed by atoms with Crippen LogP contribution in [0.4, 0.5) is 4.79 Å². The minimum Gasteiger partial charge on any atom is -0.444 e. The molecule has 0 spiro atoms. The average molecular weight is 344 g/mol. The molecule has 1 atom stereocenters. The van der Waals surface area contributed by atoms with Crippen molar-refractivity contribution in [1.82, 2.24) is 9.80 Å². The van der Waals surface area contributed by atoms with Crippen LogP contribution < -0.4 is 0 Å². The molecule has 0 N–H and O–H groups in total. The number of fused-ring (bicyclic) bond motifs is 1. The molecule has 1 saturated heterocycles. The summed E-state index contributed by atoms with van der Waals surface area (Å²) in [5.74, 6) is 0.663. The van der Waals surface area contributed by atoms with E-state index in [0.29, 0.717) is 12.0 Å². The van der Waals surface area contributed by atoms with Crippen LogP contribution in [0.1, 0.15) is 57.2 Å². The van der Waals surface area contributed by atoms with Gasteiger partial charge >= 0.3 is 6.09 Å². The zero-order valence-corrected chi connectivity index (χ0v) is 16.1. The molecule has 0 saturated carbocycles. The fraction of sp³-hybridized carbons (Fsp3) is 0.667. The lowest BCUT2D eigenvalue weighted by molar-refractivity contribution is 0.0167. The Hall–Kier alpha value is -1.55. The Balaban J connectivity index is 1.49. The number of ether oxygens (including phenoxy) is 1. The highest BCUT2D eigenvalue weighted by Gasteiger charge is 2.30. The Labute approximate surface area is 152 Å². The van der Waals surface area contributed by atoms with E-state index in [1.54, 1.807) is 0 Å². The highest BCUT2D eigenvalue weighted by Crippen LogP contribution is 2.35. The number of amides is 1. The minimum absolute atomic E-state index is 0.163. The number of aryl methyl sites for hydroxylation is 1. The van der Waals surface area contributed by atoms with Crippen LogP contribution in [-0.4, -0.2) is 48.2 Å². The molecule has 1 unspecified atom stereocenters. The standard InChI is InChI=1S/C21H32N2O2/c1-21(2,3)25-20(24)23-13-11-16(12-14-23)15-22(4)19-10-9-17-7-5-6-8-18(17)19/h5-8,16,19H,9-15H2,1-4H3. The molecular weight excluding hydrogens is 312 g/mol. The number of piperidine rings is 1. The van der Waals surface area contributed by atoms with Gasteiger partial charge in [-0.2, -0.15) is 0 Å². The highest BCUT2D eigenvalue weighted by molar-refractivity contribution is 5.68. The highest BCUT2D eigenvalue weighted by atomic mass is 16.6. The number of hydrogen-bond acceptors (Lipinski definition) is 3. The molecule has 0 radical (unpaired) electrons. The van der Waals surface area contributed by atoms with Crippen molar-refractivity contribution < 1.29 is 9.53 Å². The van der Waals surface area contributed by atoms with Crippen LogP contribution >= 0.6 is 0 Å². The molecule has 1 heterocycles. The van der Waals surface area contributed by atoms with Gasteiger partial charge in [-0.15, -0.1) is 0 Å². The molecule has 0 bridgehead atoms. The number of nitrogens with zero attached hydrogens (tertiary/aromatic N) is 2. The van der Waals surface area contributed by atoms with Crippen LogP contribution in [0.25, 0.3) is 0 Å². The Morgan fingerprint density at radius 2 is 1.88 bits per heavy atom. The van der Waals surface area contributed by atoms with E-state index in [4.69, 9.17) is 4.74 Å². The van der Waals surface area contributed by atoms with Crippen molar-refractivity contribution in [1.29, 1.82) is 0 Å². The van der Waals surface area contributed by atoms with E-state index in [9.17, 15) is 4.79 Å². The fourth-order valence-electron chi connectivity index (χ4n) is 4.15. The Morgan fingerprint density at radius 3 is 2.56 bits per heavy atom. The topological polar surface area (TPSA) is 32.8 Å². The largest absolute Gasteiger partial charge is 0.444 e. The lowest BCUT2D eigenvalue weighted by Crippen LogP contribution is -2.43.